The van der Waals surface area contributed by atoms with Crippen LogP contribution in [0.25, 0.3) is 0 Å². The van der Waals surface area contributed by atoms with Gasteiger partial charge in [-0.15, -0.1) is 0 Å². The lowest BCUT2D eigenvalue weighted by Crippen LogP contribution is -2.13. The summed E-state index contributed by atoms with van der Waals surface area (Å²) >= 11 is 3.10. The van der Waals surface area contributed by atoms with Gasteiger partial charge in [0, 0.05) is 11.6 Å². The Kier molecular flexibility index (Phi) is 4.14. The van der Waals surface area contributed by atoms with Gasteiger partial charge in [0.25, 0.3) is 5.69 Å². The summed E-state index contributed by atoms with van der Waals surface area (Å²) in [6.45, 7) is 1.10. The van der Waals surface area contributed by atoms with Crippen molar-refractivity contribution in [3.05, 3.63) is 39.4 Å². The van der Waals surface area contributed by atoms with E-state index >= 15 is 0 Å². The number of ketones is 1. The molecule has 1 aromatic carbocycles. The number of hydrogen-bond donors (Lipinski definition) is 1. The fourth-order valence-electron chi connectivity index (χ4n) is 1.36. The molecule has 0 saturated carbocycles. The summed E-state index contributed by atoms with van der Waals surface area (Å²) in [7, 11) is 0. The van der Waals surface area contributed by atoms with Crippen LogP contribution < -0.4 is 0 Å². The minimum atomic E-state index is -0.610. The Morgan fingerprint density at radius 2 is 2.25 bits per heavy atom. The van der Waals surface area contributed by atoms with Gasteiger partial charge in [-0.05, 0) is 6.92 Å². The first-order valence-corrected chi connectivity index (χ1v) is 5.46. The van der Waals surface area contributed by atoms with E-state index in [0.29, 0.717) is 0 Å². The van der Waals surface area contributed by atoms with Gasteiger partial charge < -0.3 is 5.11 Å². The Labute approximate surface area is 100 Å². The minimum absolute atomic E-state index is 0.0591. The van der Waals surface area contributed by atoms with E-state index < -0.39 is 16.4 Å². The molecule has 6 heteroatoms. The van der Waals surface area contributed by atoms with E-state index in [0.717, 1.165) is 0 Å². The molecule has 86 valence electrons. The van der Waals surface area contributed by atoms with Crippen molar-refractivity contribution in [3.63, 3.8) is 0 Å². The first-order valence-electron chi connectivity index (χ1n) is 4.54. The number of alkyl halides is 1. The highest BCUT2D eigenvalue weighted by atomic mass is 79.9. The highest BCUT2D eigenvalue weighted by Gasteiger charge is 2.22. The largest absolute Gasteiger partial charge is 0.391 e. The number of nitro groups is 1. The van der Waals surface area contributed by atoms with E-state index in [-0.39, 0.29) is 22.6 Å². The number of rotatable bonds is 4. The highest BCUT2D eigenvalue weighted by molar-refractivity contribution is 9.10. The highest BCUT2D eigenvalue weighted by Crippen LogP contribution is 2.24. The summed E-state index contributed by atoms with van der Waals surface area (Å²) in [6, 6.07) is 4.17. The predicted octanol–water partition coefficient (Wildman–Crippen LogP) is 2.05. The summed E-state index contributed by atoms with van der Waals surface area (Å²) in [5.41, 5.74) is 0.00590. The molecule has 1 N–H and O–H groups in total. The lowest BCUT2D eigenvalue weighted by atomic mass is 10.0. The van der Waals surface area contributed by atoms with E-state index in [1.54, 1.807) is 6.92 Å². The molecule has 1 aromatic rings. The van der Waals surface area contributed by atoms with Gasteiger partial charge in [0.2, 0.25) is 0 Å². The van der Waals surface area contributed by atoms with Gasteiger partial charge >= 0.3 is 0 Å². The zero-order valence-electron chi connectivity index (χ0n) is 8.51. The van der Waals surface area contributed by atoms with Crippen LogP contribution in [0.4, 0.5) is 5.69 Å². The van der Waals surface area contributed by atoms with Crippen molar-refractivity contribution in [2.75, 3.05) is 0 Å². The summed E-state index contributed by atoms with van der Waals surface area (Å²) < 4.78 is 0. The standard InChI is InChI=1S/C10H10BrNO4/c1-6(11)10(14)7-3-2-4-9(12(15)16)8(7)5-13/h2-4,6,13H,5H2,1H3. The monoisotopic (exact) mass is 287 g/mol. The molecule has 1 unspecified atom stereocenters. The molecular formula is C10H10BrNO4. The number of carbonyl (C=O) groups is 1. The Morgan fingerprint density at radius 1 is 1.62 bits per heavy atom. The van der Waals surface area contributed by atoms with Crippen LogP contribution in [0, 0.1) is 10.1 Å². The summed E-state index contributed by atoms with van der Waals surface area (Å²) in [5.74, 6) is -0.284. The molecular weight excluding hydrogens is 278 g/mol. The first kappa shape index (κ1) is 12.8. The maximum atomic E-state index is 11.7. The van der Waals surface area contributed by atoms with Gasteiger partial charge in [-0.2, -0.15) is 0 Å². The maximum Gasteiger partial charge on any atom is 0.275 e. The summed E-state index contributed by atoms with van der Waals surface area (Å²) in [5, 5.41) is 19.8. The fraction of sp³-hybridized carbons (Fsp3) is 0.300. The third-order valence-electron chi connectivity index (χ3n) is 2.13. The van der Waals surface area contributed by atoms with Crippen molar-refractivity contribution >= 4 is 27.4 Å². The van der Waals surface area contributed by atoms with Gasteiger partial charge in [0.05, 0.1) is 21.9 Å². The van der Waals surface area contributed by atoms with Crippen molar-refractivity contribution in [1.82, 2.24) is 0 Å². The molecule has 0 aliphatic carbocycles. The fourth-order valence-corrected chi connectivity index (χ4v) is 1.60. The maximum absolute atomic E-state index is 11.7. The molecule has 0 spiro atoms. The lowest BCUT2D eigenvalue weighted by molar-refractivity contribution is -0.385. The number of aliphatic hydroxyl groups excluding tert-OH is 1. The second-order valence-electron chi connectivity index (χ2n) is 3.20. The summed E-state index contributed by atoms with van der Waals surface area (Å²) in [4.78, 5) is 21.4. The number of hydrogen-bond acceptors (Lipinski definition) is 4. The van der Waals surface area contributed by atoms with E-state index in [1.807, 2.05) is 0 Å². The number of carbonyl (C=O) groups excluding carboxylic acids is 1. The van der Waals surface area contributed by atoms with Crippen LogP contribution in [0.2, 0.25) is 0 Å². The average molecular weight is 288 g/mol. The second-order valence-corrected chi connectivity index (χ2v) is 4.57. The van der Waals surface area contributed by atoms with Crippen molar-refractivity contribution in [2.45, 2.75) is 18.4 Å². The predicted molar refractivity (Wildman–Crippen MR) is 61.7 cm³/mol. The van der Waals surface area contributed by atoms with Crippen LogP contribution in [0.1, 0.15) is 22.8 Å². The van der Waals surface area contributed by atoms with Gasteiger partial charge in [0.1, 0.15) is 0 Å². The number of benzene rings is 1. The summed E-state index contributed by atoms with van der Waals surface area (Å²) in [6.07, 6.45) is 0. The van der Waals surface area contributed by atoms with Gasteiger partial charge in [-0.25, -0.2) is 0 Å². The SMILES string of the molecule is CC(Br)C(=O)c1cccc([N+](=O)[O-])c1CO. The Hall–Kier alpha value is -1.27. The molecule has 1 rings (SSSR count). The zero-order chi connectivity index (χ0) is 12.3. The molecule has 0 aliphatic heterocycles. The molecule has 0 amide bonds. The van der Waals surface area contributed by atoms with Crippen molar-refractivity contribution in [2.24, 2.45) is 0 Å². The normalized spacial score (nSPS) is 12.2. The molecule has 1 atom stereocenters. The molecule has 0 aliphatic rings. The molecule has 0 radical (unpaired) electrons. The second kappa shape index (κ2) is 5.18. The van der Waals surface area contributed by atoms with Gasteiger partial charge in [-0.1, -0.05) is 28.1 Å². The minimum Gasteiger partial charge on any atom is -0.391 e. The van der Waals surface area contributed by atoms with E-state index in [2.05, 4.69) is 15.9 Å². The third kappa shape index (κ3) is 2.45. The Bertz CT molecular complexity index is 431. The van der Waals surface area contributed by atoms with Gasteiger partial charge in [-0.3, -0.25) is 14.9 Å². The molecule has 5 nitrogen and oxygen atoms in total. The van der Waals surface area contributed by atoms with Crippen LogP contribution in [-0.2, 0) is 6.61 Å². The van der Waals surface area contributed by atoms with E-state index in [9.17, 15) is 14.9 Å². The van der Waals surface area contributed by atoms with Crippen LogP contribution in [0.3, 0.4) is 0 Å². The number of nitro benzene ring substituents is 1. The molecule has 0 fully saturated rings. The number of aliphatic hydroxyl groups is 1. The smallest absolute Gasteiger partial charge is 0.275 e. The van der Waals surface area contributed by atoms with Crippen molar-refractivity contribution in [3.8, 4) is 0 Å². The number of halogens is 1. The Balaban J connectivity index is 3.35. The molecule has 0 heterocycles. The molecule has 0 bridgehead atoms. The zero-order valence-corrected chi connectivity index (χ0v) is 10.1. The average Bonchev–Trinajstić information content (AvgIpc) is 2.26. The van der Waals surface area contributed by atoms with E-state index in [1.165, 1.54) is 18.2 Å². The van der Waals surface area contributed by atoms with E-state index in [4.69, 9.17) is 5.11 Å². The number of nitrogens with zero attached hydrogens (tertiary/aromatic N) is 1. The quantitative estimate of drug-likeness (QED) is 0.398. The Morgan fingerprint density at radius 3 is 2.69 bits per heavy atom. The topological polar surface area (TPSA) is 80.4 Å². The number of Topliss-reactive ketones (excluding diaryl/α,β-unsaturated/α-hetero) is 1. The van der Waals surface area contributed by atoms with Gasteiger partial charge in [0.15, 0.2) is 5.78 Å². The molecule has 0 saturated heterocycles. The van der Waals surface area contributed by atoms with Crippen molar-refractivity contribution < 1.29 is 14.8 Å². The van der Waals surface area contributed by atoms with Crippen LogP contribution in [-0.4, -0.2) is 20.6 Å². The first-order chi connectivity index (χ1) is 7.49. The van der Waals surface area contributed by atoms with Crippen LogP contribution in [0.15, 0.2) is 18.2 Å². The third-order valence-corrected chi connectivity index (χ3v) is 2.55. The molecule has 0 aromatic heterocycles. The van der Waals surface area contributed by atoms with Crippen LogP contribution in [0.5, 0.6) is 0 Å². The van der Waals surface area contributed by atoms with Crippen LogP contribution >= 0.6 is 15.9 Å². The van der Waals surface area contributed by atoms with Crippen molar-refractivity contribution in [1.29, 1.82) is 0 Å². The molecule has 16 heavy (non-hydrogen) atoms. The lowest BCUT2D eigenvalue weighted by Gasteiger charge is -2.08.